The zero-order valence-corrected chi connectivity index (χ0v) is 39.0. The molecule has 0 N–H and O–H groups in total. The number of ether oxygens (including phenoxy) is 6. The molecule has 0 radical (unpaired) electrons. The third-order valence-electron chi connectivity index (χ3n) is 17.0. The molecule has 61 heavy (non-hydrogen) atoms. The van der Waals surface area contributed by atoms with E-state index in [4.69, 9.17) is 32.8 Å². The van der Waals surface area contributed by atoms with Crippen LogP contribution in [0.2, 0.25) is 18.1 Å². The van der Waals surface area contributed by atoms with Crippen molar-refractivity contribution < 1.29 is 42.4 Å². The van der Waals surface area contributed by atoms with Crippen molar-refractivity contribution in [2.75, 3.05) is 13.2 Å². The molecule has 2 aromatic rings. The van der Waals surface area contributed by atoms with Gasteiger partial charge in [-0.2, -0.15) is 0 Å². The maximum atomic E-state index is 16.2. The molecule has 13 atom stereocenters. The minimum Gasteiger partial charge on any atom is -0.452 e. The summed E-state index contributed by atoms with van der Waals surface area (Å²) >= 11 is 0. The van der Waals surface area contributed by atoms with E-state index >= 15 is 4.79 Å². The van der Waals surface area contributed by atoms with E-state index in [-0.39, 0.29) is 47.4 Å². The lowest BCUT2D eigenvalue weighted by Gasteiger charge is -2.59. The van der Waals surface area contributed by atoms with Gasteiger partial charge in [0.2, 0.25) is 0 Å². The van der Waals surface area contributed by atoms with Gasteiger partial charge in [-0.05, 0) is 84.5 Å². The molecule has 4 aliphatic carbocycles. The van der Waals surface area contributed by atoms with Gasteiger partial charge in [0.1, 0.15) is 30.0 Å². The maximum absolute atomic E-state index is 16.2. The molecule has 10 heteroatoms. The minimum atomic E-state index is -2.47. The van der Waals surface area contributed by atoms with E-state index < -0.39 is 61.2 Å². The van der Waals surface area contributed by atoms with E-state index in [9.17, 15) is 4.79 Å². The molecule has 2 aromatic carbocycles. The third kappa shape index (κ3) is 6.41. The normalized spacial score (nSPS) is 39.3. The number of unbranched alkanes of at least 4 members (excludes halogenated alkanes) is 3. The van der Waals surface area contributed by atoms with Crippen LogP contribution in [0.25, 0.3) is 0 Å². The average molecular weight is 855 g/mol. The van der Waals surface area contributed by atoms with Gasteiger partial charge in [0.25, 0.3) is 0 Å². The standard InChI is InChI=1S/C51H70O9Si/c1-10-11-12-19-26-54-41-42-44(60-61(8,9)47(5,6)7)51(58-43(41)45(56-42)59-51)55-31-49-29-37-33(4)24-25-38(37)48(30-52)28-36(49)27-39(32(2)3)50(48,49)46(53)57-40(34-20-15-13-16-21-34)35-22-17-14-18-23-35/h13-18,20-23,27,30,32-33,36-38,40-45H,10-12,19,24-26,28-29,31H2,1-9H3. The van der Waals surface area contributed by atoms with Crippen molar-refractivity contribution in [2.24, 2.45) is 45.8 Å². The summed E-state index contributed by atoms with van der Waals surface area (Å²) in [5.41, 5.74) is -0.253. The van der Waals surface area contributed by atoms with Gasteiger partial charge in [0.15, 0.2) is 26.8 Å². The molecule has 4 saturated heterocycles. The van der Waals surface area contributed by atoms with Crippen LogP contribution in [0.15, 0.2) is 72.3 Å². The molecule has 3 saturated carbocycles. The number of hydrogen-bond acceptors (Lipinski definition) is 9. The fraction of sp³-hybridized carbons (Fsp3) is 0.686. The van der Waals surface area contributed by atoms with Gasteiger partial charge in [-0.3, -0.25) is 9.53 Å². The molecule has 4 aliphatic heterocycles. The van der Waals surface area contributed by atoms with Crippen LogP contribution in [-0.4, -0.2) is 70.5 Å². The number of esters is 1. The minimum absolute atomic E-state index is 0.0130. The molecular weight excluding hydrogens is 785 g/mol. The SMILES string of the molecule is CCCCCCOC1C2OC3(OCC45CC6C(C)CCC6C6(C=O)CC4C=C(C(C)C)C65C(=O)OC(c4ccccc4)c4ccccc4)OC2OC1C3O[Si](C)(C)C(C)(C)C. The second-order valence-electron chi connectivity index (χ2n) is 21.5. The molecule has 8 aliphatic rings. The van der Waals surface area contributed by atoms with Crippen molar-refractivity contribution in [3.63, 3.8) is 0 Å². The predicted octanol–water partition coefficient (Wildman–Crippen LogP) is 10.3. The third-order valence-corrected chi connectivity index (χ3v) is 21.5. The zero-order chi connectivity index (χ0) is 43.2. The molecule has 4 heterocycles. The summed E-state index contributed by atoms with van der Waals surface area (Å²) in [7, 11) is -2.47. The lowest BCUT2D eigenvalue weighted by atomic mass is 9.43. The number of carbonyl (C=O) groups excluding carboxylic acids is 2. The van der Waals surface area contributed by atoms with E-state index in [1.807, 2.05) is 60.7 Å². The Morgan fingerprint density at radius 3 is 2.25 bits per heavy atom. The predicted molar refractivity (Wildman–Crippen MR) is 234 cm³/mol. The fourth-order valence-electron chi connectivity index (χ4n) is 13.2. The number of carbonyl (C=O) groups is 2. The molecule has 10 rings (SSSR count). The molecule has 8 bridgehead atoms. The van der Waals surface area contributed by atoms with Gasteiger partial charge < -0.3 is 32.9 Å². The van der Waals surface area contributed by atoms with Crippen LogP contribution in [0.3, 0.4) is 0 Å². The van der Waals surface area contributed by atoms with Gasteiger partial charge in [0.05, 0.1) is 12.0 Å². The second kappa shape index (κ2) is 15.8. The van der Waals surface area contributed by atoms with E-state index in [0.29, 0.717) is 18.9 Å². The van der Waals surface area contributed by atoms with Crippen LogP contribution in [0.4, 0.5) is 0 Å². The van der Waals surface area contributed by atoms with Crippen LogP contribution >= 0.6 is 0 Å². The van der Waals surface area contributed by atoms with E-state index in [1.165, 1.54) is 12.7 Å². The first-order valence-electron chi connectivity index (χ1n) is 23.5. The van der Waals surface area contributed by atoms with Crippen LogP contribution < -0.4 is 0 Å². The molecule has 7 fully saturated rings. The number of hydrogen-bond donors (Lipinski definition) is 0. The molecular formula is C51H70O9Si. The first kappa shape index (κ1) is 43.5. The van der Waals surface area contributed by atoms with E-state index in [1.54, 1.807) is 0 Å². The highest BCUT2D eigenvalue weighted by molar-refractivity contribution is 6.74. The second-order valence-corrected chi connectivity index (χ2v) is 26.3. The number of rotatable bonds is 17. The molecule has 0 aromatic heterocycles. The Balaban J connectivity index is 1.13. The highest BCUT2D eigenvalue weighted by atomic mass is 28.4. The highest BCUT2D eigenvalue weighted by Crippen LogP contribution is 2.83. The maximum Gasteiger partial charge on any atom is 0.318 e. The van der Waals surface area contributed by atoms with Crippen molar-refractivity contribution in [3.8, 4) is 0 Å². The first-order chi connectivity index (χ1) is 29.1. The van der Waals surface area contributed by atoms with Gasteiger partial charge >= 0.3 is 11.9 Å². The highest BCUT2D eigenvalue weighted by Gasteiger charge is 2.85. The van der Waals surface area contributed by atoms with Crippen LogP contribution in [0, 0.1) is 45.8 Å². The Labute approximate surface area is 365 Å². The van der Waals surface area contributed by atoms with Gasteiger partial charge in [0, 0.05) is 12.0 Å². The lowest BCUT2D eigenvalue weighted by molar-refractivity contribution is -0.445. The summed E-state index contributed by atoms with van der Waals surface area (Å²) in [6.45, 7) is 20.7. The Morgan fingerprint density at radius 1 is 0.934 bits per heavy atom. The Morgan fingerprint density at radius 2 is 1.62 bits per heavy atom. The summed E-state index contributed by atoms with van der Waals surface area (Å²) in [6.07, 6.45) is 7.86. The van der Waals surface area contributed by atoms with Crippen molar-refractivity contribution in [1.29, 1.82) is 0 Å². The van der Waals surface area contributed by atoms with E-state index in [2.05, 4.69) is 67.6 Å². The summed E-state index contributed by atoms with van der Waals surface area (Å²) in [5, 5.41) is -0.120. The van der Waals surface area contributed by atoms with Gasteiger partial charge in [-0.1, -0.05) is 146 Å². The number of aldehydes is 1. The van der Waals surface area contributed by atoms with Crippen molar-refractivity contribution in [2.45, 2.75) is 161 Å². The number of allylic oxidation sites excluding steroid dienone is 1. The number of benzene rings is 2. The molecule has 9 nitrogen and oxygen atoms in total. The lowest BCUT2D eigenvalue weighted by Crippen LogP contribution is -2.68. The van der Waals surface area contributed by atoms with E-state index in [0.717, 1.165) is 55.2 Å². The van der Waals surface area contributed by atoms with Crippen molar-refractivity contribution >= 4 is 20.6 Å². The van der Waals surface area contributed by atoms with Crippen LogP contribution in [0.5, 0.6) is 0 Å². The molecule has 0 amide bonds. The topological polar surface area (TPSA) is 98.8 Å². The zero-order valence-electron chi connectivity index (χ0n) is 38.0. The Bertz CT molecular complexity index is 1920. The summed E-state index contributed by atoms with van der Waals surface area (Å²) in [5.74, 6) is -1.29. The molecule has 13 unspecified atom stereocenters. The monoisotopic (exact) mass is 854 g/mol. The molecule has 332 valence electrons. The van der Waals surface area contributed by atoms with Crippen LogP contribution in [-0.2, 0) is 42.4 Å². The largest absolute Gasteiger partial charge is 0.452 e. The molecule has 0 spiro atoms. The summed E-state index contributed by atoms with van der Waals surface area (Å²) in [4.78, 5) is 30.6. The first-order valence-corrected chi connectivity index (χ1v) is 26.4. The van der Waals surface area contributed by atoms with Gasteiger partial charge in [-0.15, -0.1) is 0 Å². The van der Waals surface area contributed by atoms with Gasteiger partial charge in [-0.25, -0.2) is 0 Å². The fourth-order valence-corrected chi connectivity index (χ4v) is 14.4. The quantitative estimate of drug-likeness (QED) is 0.0506. The van der Waals surface area contributed by atoms with Crippen molar-refractivity contribution in [1.82, 2.24) is 0 Å². The number of fused-ring (bicyclic) bond motifs is 2. The summed E-state index contributed by atoms with van der Waals surface area (Å²) < 4.78 is 48.7. The Kier molecular flexibility index (Phi) is 11.3. The van der Waals surface area contributed by atoms with Crippen molar-refractivity contribution in [3.05, 3.63) is 83.4 Å². The summed E-state index contributed by atoms with van der Waals surface area (Å²) in [6, 6.07) is 20.0. The Hall–Kier alpha value is -2.70. The average Bonchev–Trinajstić information content (AvgIpc) is 3.97. The van der Waals surface area contributed by atoms with Crippen LogP contribution in [0.1, 0.15) is 117 Å². The smallest absolute Gasteiger partial charge is 0.318 e.